The fraction of sp³-hybridized carbons (Fsp3) is 0.545. The molecular weight excluding hydrogens is 306 g/mol. The molecule has 0 bridgehead atoms. The summed E-state index contributed by atoms with van der Waals surface area (Å²) >= 11 is 4.78. The monoisotopic (exact) mass is 319 g/mol. The molecule has 2 unspecified atom stereocenters. The van der Waals surface area contributed by atoms with Crippen molar-refractivity contribution in [2.45, 2.75) is 25.0 Å². The van der Waals surface area contributed by atoms with E-state index in [1.54, 1.807) is 0 Å². The van der Waals surface area contributed by atoms with E-state index in [9.17, 15) is 9.90 Å². The van der Waals surface area contributed by atoms with E-state index in [0.29, 0.717) is 6.54 Å². The van der Waals surface area contributed by atoms with Crippen LogP contribution in [0.3, 0.4) is 0 Å². The maximum atomic E-state index is 11.2. The SMILES string of the molecule is O=C(O)C(NCC1CCCO1)c1ccc(Br)s1. The third kappa shape index (κ3) is 3.51. The Kier molecular flexibility index (Phi) is 4.55. The predicted octanol–water partition coefficient (Wildman–Crippen LogP) is 2.40. The van der Waals surface area contributed by atoms with Crippen molar-refractivity contribution in [3.8, 4) is 0 Å². The Morgan fingerprint density at radius 3 is 3.06 bits per heavy atom. The first kappa shape index (κ1) is 13.0. The number of rotatable bonds is 5. The molecule has 1 aliphatic rings. The van der Waals surface area contributed by atoms with Gasteiger partial charge >= 0.3 is 5.97 Å². The van der Waals surface area contributed by atoms with E-state index in [1.807, 2.05) is 12.1 Å². The Morgan fingerprint density at radius 2 is 2.53 bits per heavy atom. The van der Waals surface area contributed by atoms with Gasteiger partial charge in [0.05, 0.1) is 9.89 Å². The number of aliphatic carboxylic acids is 1. The zero-order chi connectivity index (χ0) is 12.3. The minimum Gasteiger partial charge on any atom is -0.480 e. The third-order valence-electron chi connectivity index (χ3n) is 2.70. The first-order chi connectivity index (χ1) is 8.16. The van der Waals surface area contributed by atoms with E-state index < -0.39 is 12.0 Å². The Morgan fingerprint density at radius 1 is 1.71 bits per heavy atom. The predicted molar refractivity (Wildman–Crippen MR) is 69.4 cm³/mol. The lowest BCUT2D eigenvalue weighted by atomic mass is 10.2. The lowest BCUT2D eigenvalue weighted by Gasteiger charge is -2.16. The molecule has 1 fully saturated rings. The van der Waals surface area contributed by atoms with Gasteiger partial charge in [-0.15, -0.1) is 11.3 Å². The molecule has 0 amide bonds. The molecule has 0 spiro atoms. The van der Waals surface area contributed by atoms with Crippen molar-refractivity contribution in [2.75, 3.05) is 13.2 Å². The van der Waals surface area contributed by atoms with Crippen molar-refractivity contribution in [3.05, 3.63) is 20.8 Å². The van der Waals surface area contributed by atoms with Gasteiger partial charge in [0.25, 0.3) is 0 Å². The number of ether oxygens (including phenoxy) is 1. The van der Waals surface area contributed by atoms with Crippen LogP contribution in [0.25, 0.3) is 0 Å². The number of hydrogen-bond donors (Lipinski definition) is 2. The van der Waals surface area contributed by atoms with Gasteiger partial charge < -0.3 is 9.84 Å². The molecule has 6 heteroatoms. The molecule has 94 valence electrons. The highest BCUT2D eigenvalue weighted by Crippen LogP contribution is 2.27. The Hall–Kier alpha value is -0.430. The number of carboxylic acids is 1. The standard InChI is InChI=1S/C11H14BrNO3S/c12-9-4-3-8(17-9)10(11(14)15)13-6-7-2-1-5-16-7/h3-4,7,10,13H,1-2,5-6H2,(H,14,15). The van der Waals surface area contributed by atoms with E-state index in [0.717, 1.165) is 28.1 Å². The Bertz CT molecular complexity index is 390. The van der Waals surface area contributed by atoms with Gasteiger partial charge in [0, 0.05) is 18.0 Å². The zero-order valence-corrected chi connectivity index (χ0v) is 11.6. The highest BCUT2D eigenvalue weighted by atomic mass is 79.9. The van der Waals surface area contributed by atoms with Gasteiger partial charge in [0.1, 0.15) is 6.04 Å². The van der Waals surface area contributed by atoms with Gasteiger partial charge in [-0.2, -0.15) is 0 Å². The summed E-state index contributed by atoms with van der Waals surface area (Å²) < 4.78 is 6.41. The molecule has 1 aliphatic heterocycles. The van der Waals surface area contributed by atoms with Crippen LogP contribution in [0.5, 0.6) is 0 Å². The fourth-order valence-corrected chi connectivity index (χ4v) is 3.34. The van der Waals surface area contributed by atoms with Crippen LogP contribution in [0.2, 0.25) is 0 Å². The van der Waals surface area contributed by atoms with E-state index in [-0.39, 0.29) is 6.10 Å². The summed E-state index contributed by atoms with van der Waals surface area (Å²) in [5, 5.41) is 12.3. The van der Waals surface area contributed by atoms with Crippen LogP contribution < -0.4 is 5.32 Å². The summed E-state index contributed by atoms with van der Waals surface area (Å²) in [4.78, 5) is 12.0. The first-order valence-corrected chi connectivity index (χ1v) is 7.11. The van der Waals surface area contributed by atoms with E-state index in [1.165, 1.54) is 11.3 Å². The minimum absolute atomic E-state index is 0.153. The number of carbonyl (C=O) groups is 1. The van der Waals surface area contributed by atoms with E-state index in [2.05, 4.69) is 21.2 Å². The molecule has 17 heavy (non-hydrogen) atoms. The molecule has 0 aromatic carbocycles. The number of thiophene rings is 1. The summed E-state index contributed by atoms with van der Waals surface area (Å²) in [5.74, 6) is -0.850. The van der Waals surface area contributed by atoms with Crippen molar-refractivity contribution >= 4 is 33.2 Å². The molecule has 1 aromatic rings. The van der Waals surface area contributed by atoms with Crippen LogP contribution >= 0.6 is 27.3 Å². The number of nitrogens with one attached hydrogen (secondary N) is 1. The maximum Gasteiger partial charge on any atom is 0.326 e. The third-order valence-corrected chi connectivity index (χ3v) is 4.39. The number of carboxylic acid groups (broad SMARTS) is 1. The topological polar surface area (TPSA) is 58.6 Å². The van der Waals surface area contributed by atoms with E-state index >= 15 is 0 Å². The molecule has 2 heterocycles. The molecule has 4 nitrogen and oxygen atoms in total. The molecule has 1 saturated heterocycles. The van der Waals surface area contributed by atoms with Gasteiger partial charge in [0.15, 0.2) is 0 Å². The van der Waals surface area contributed by atoms with Crippen molar-refractivity contribution in [1.82, 2.24) is 5.32 Å². The lowest BCUT2D eigenvalue weighted by molar-refractivity contribution is -0.139. The van der Waals surface area contributed by atoms with Gasteiger partial charge in [0.2, 0.25) is 0 Å². The van der Waals surface area contributed by atoms with Gasteiger partial charge in [-0.05, 0) is 40.9 Å². The van der Waals surface area contributed by atoms with Crippen LogP contribution in [-0.4, -0.2) is 30.3 Å². The molecule has 0 radical (unpaired) electrons. The summed E-state index contributed by atoms with van der Waals surface area (Å²) in [6.07, 6.45) is 2.22. The number of hydrogen-bond acceptors (Lipinski definition) is 4. The van der Waals surface area contributed by atoms with Gasteiger partial charge in [-0.25, -0.2) is 0 Å². The largest absolute Gasteiger partial charge is 0.480 e. The fourth-order valence-electron chi connectivity index (χ4n) is 1.85. The van der Waals surface area contributed by atoms with Crippen molar-refractivity contribution in [3.63, 3.8) is 0 Å². The second-order valence-electron chi connectivity index (χ2n) is 3.96. The smallest absolute Gasteiger partial charge is 0.326 e. The molecule has 2 rings (SSSR count). The van der Waals surface area contributed by atoms with Crippen molar-refractivity contribution < 1.29 is 14.6 Å². The van der Waals surface area contributed by atoms with Gasteiger partial charge in [-0.3, -0.25) is 10.1 Å². The van der Waals surface area contributed by atoms with E-state index in [4.69, 9.17) is 4.74 Å². The summed E-state index contributed by atoms with van der Waals surface area (Å²) in [6, 6.07) is 3.05. The quantitative estimate of drug-likeness (QED) is 0.875. The molecule has 1 aromatic heterocycles. The molecule has 2 N–H and O–H groups in total. The minimum atomic E-state index is -0.850. The molecular formula is C11H14BrNO3S. The highest BCUT2D eigenvalue weighted by Gasteiger charge is 2.23. The average molecular weight is 320 g/mol. The summed E-state index contributed by atoms with van der Waals surface area (Å²) in [5.41, 5.74) is 0. The second kappa shape index (κ2) is 5.95. The van der Waals surface area contributed by atoms with Crippen molar-refractivity contribution in [2.24, 2.45) is 0 Å². The van der Waals surface area contributed by atoms with Crippen LogP contribution in [-0.2, 0) is 9.53 Å². The summed E-state index contributed by atoms with van der Waals surface area (Å²) in [7, 11) is 0. The second-order valence-corrected chi connectivity index (χ2v) is 6.45. The Labute approximate surface area is 112 Å². The first-order valence-electron chi connectivity index (χ1n) is 5.50. The molecule has 0 saturated carbocycles. The Balaban J connectivity index is 1.95. The average Bonchev–Trinajstić information content (AvgIpc) is 2.90. The number of halogens is 1. The van der Waals surface area contributed by atoms with Crippen LogP contribution in [0, 0.1) is 0 Å². The lowest BCUT2D eigenvalue weighted by Crippen LogP contribution is -2.33. The maximum absolute atomic E-state index is 11.2. The molecule has 2 atom stereocenters. The van der Waals surface area contributed by atoms with Gasteiger partial charge in [-0.1, -0.05) is 0 Å². The van der Waals surface area contributed by atoms with Crippen LogP contribution in [0.15, 0.2) is 15.9 Å². The van der Waals surface area contributed by atoms with Crippen molar-refractivity contribution in [1.29, 1.82) is 0 Å². The normalized spacial score (nSPS) is 21.6. The zero-order valence-electron chi connectivity index (χ0n) is 9.19. The van der Waals surface area contributed by atoms with Crippen LogP contribution in [0.1, 0.15) is 23.8 Å². The van der Waals surface area contributed by atoms with Crippen LogP contribution in [0.4, 0.5) is 0 Å². The molecule has 0 aliphatic carbocycles. The summed E-state index contributed by atoms with van der Waals surface area (Å²) in [6.45, 7) is 1.38. The highest BCUT2D eigenvalue weighted by molar-refractivity contribution is 9.11.